The van der Waals surface area contributed by atoms with Crippen molar-refractivity contribution in [3.8, 4) is 0 Å². The van der Waals surface area contributed by atoms with Crippen molar-refractivity contribution < 1.29 is 14.8 Å². The summed E-state index contributed by atoms with van der Waals surface area (Å²) >= 11 is 0. The molecule has 2 rings (SSSR count). The van der Waals surface area contributed by atoms with Crippen molar-refractivity contribution in [2.45, 2.75) is 32.7 Å². The molecule has 0 spiro atoms. The van der Waals surface area contributed by atoms with Gasteiger partial charge in [-0.2, -0.15) is 0 Å². The molecule has 1 saturated heterocycles. The number of hydrogen-bond donors (Lipinski definition) is 1. The third-order valence-electron chi connectivity index (χ3n) is 4.11. The Morgan fingerprint density at radius 3 is 2.75 bits per heavy atom. The lowest BCUT2D eigenvalue weighted by atomic mass is 9.91. The Morgan fingerprint density at radius 1 is 1.45 bits per heavy atom. The number of nitro benzene ring substituents is 1. The molecule has 108 valence electrons. The molecule has 0 radical (unpaired) electrons. The van der Waals surface area contributed by atoms with Crippen LogP contribution in [-0.2, 0) is 0 Å². The fraction of sp³-hybridized carbons (Fsp3) is 0.500. The van der Waals surface area contributed by atoms with Crippen LogP contribution in [0.25, 0.3) is 0 Å². The molecule has 0 aliphatic carbocycles. The molecule has 1 aromatic rings. The van der Waals surface area contributed by atoms with Crippen molar-refractivity contribution >= 4 is 17.3 Å². The standard InChI is InChI=1S/C14H18N2O4/c1-9-4-3-7-15(10(9)2)11-5-6-13(16(19)20)12(8-11)14(17)18/h5-6,8-10H,3-4,7H2,1-2H3,(H,17,18). The molecule has 0 aromatic heterocycles. The number of aromatic carboxylic acids is 1. The third-order valence-corrected chi connectivity index (χ3v) is 4.11. The van der Waals surface area contributed by atoms with E-state index in [0.717, 1.165) is 25.1 Å². The zero-order valence-electron chi connectivity index (χ0n) is 11.6. The van der Waals surface area contributed by atoms with Gasteiger partial charge >= 0.3 is 5.97 Å². The summed E-state index contributed by atoms with van der Waals surface area (Å²) < 4.78 is 0. The molecule has 1 fully saturated rings. The summed E-state index contributed by atoms with van der Waals surface area (Å²) in [6.07, 6.45) is 2.20. The van der Waals surface area contributed by atoms with E-state index in [-0.39, 0.29) is 11.3 Å². The number of rotatable bonds is 3. The zero-order valence-corrected chi connectivity index (χ0v) is 11.6. The van der Waals surface area contributed by atoms with Gasteiger partial charge in [0.2, 0.25) is 0 Å². The van der Waals surface area contributed by atoms with Gasteiger partial charge in [-0.3, -0.25) is 10.1 Å². The quantitative estimate of drug-likeness (QED) is 0.679. The second-order valence-corrected chi connectivity index (χ2v) is 5.32. The smallest absolute Gasteiger partial charge is 0.342 e. The number of hydrogen-bond acceptors (Lipinski definition) is 4. The van der Waals surface area contributed by atoms with E-state index in [1.165, 1.54) is 12.1 Å². The summed E-state index contributed by atoms with van der Waals surface area (Å²) in [5.41, 5.74) is 0.129. The Labute approximate surface area is 117 Å². The Morgan fingerprint density at radius 2 is 2.15 bits per heavy atom. The topological polar surface area (TPSA) is 83.7 Å². The summed E-state index contributed by atoms with van der Waals surface area (Å²) in [6, 6.07) is 4.63. The second kappa shape index (κ2) is 5.48. The van der Waals surface area contributed by atoms with Crippen LogP contribution in [0.4, 0.5) is 11.4 Å². The molecule has 0 amide bonds. The van der Waals surface area contributed by atoms with E-state index in [9.17, 15) is 14.9 Å². The maximum Gasteiger partial charge on any atom is 0.342 e. The number of nitrogens with zero attached hydrogens (tertiary/aromatic N) is 2. The molecule has 20 heavy (non-hydrogen) atoms. The van der Waals surface area contributed by atoms with E-state index in [4.69, 9.17) is 5.11 Å². The Kier molecular flexibility index (Phi) is 3.92. The molecule has 1 N–H and O–H groups in total. The first-order chi connectivity index (χ1) is 9.41. The average molecular weight is 278 g/mol. The normalized spacial score (nSPS) is 22.6. The van der Waals surface area contributed by atoms with Gasteiger partial charge in [-0.25, -0.2) is 4.79 Å². The summed E-state index contributed by atoms with van der Waals surface area (Å²) in [5, 5.41) is 20.0. The molecule has 0 saturated carbocycles. The highest BCUT2D eigenvalue weighted by Crippen LogP contribution is 2.31. The first-order valence-electron chi connectivity index (χ1n) is 6.70. The summed E-state index contributed by atoms with van der Waals surface area (Å²) in [7, 11) is 0. The lowest BCUT2D eigenvalue weighted by Gasteiger charge is -2.39. The number of anilines is 1. The first kappa shape index (κ1) is 14.3. The van der Waals surface area contributed by atoms with Crippen molar-refractivity contribution in [1.29, 1.82) is 0 Å². The summed E-state index contributed by atoms with van der Waals surface area (Å²) in [5.74, 6) is -0.747. The van der Waals surface area contributed by atoms with E-state index in [1.807, 2.05) is 0 Å². The molecule has 6 heteroatoms. The minimum absolute atomic E-state index is 0.252. The number of carboxylic acids is 1. The fourth-order valence-electron chi connectivity index (χ4n) is 2.73. The van der Waals surface area contributed by atoms with Crippen molar-refractivity contribution in [3.63, 3.8) is 0 Å². The van der Waals surface area contributed by atoms with Gasteiger partial charge in [0.25, 0.3) is 5.69 Å². The highest BCUT2D eigenvalue weighted by molar-refractivity contribution is 5.93. The molecule has 1 aromatic carbocycles. The third kappa shape index (κ3) is 2.59. The van der Waals surface area contributed by atoms with Crippen LogP contribution in [0.5, 0.6) is 0 Å². The van der Waals surface area contributed by atoms with Crippen LogP contribution in [-0.4, -0.2) is 28.6 Å². The lowest BCUT2D eigenvalue weighted by molar-refractivity contribution is -0.385. The highest BCUT2D eigenvalue weighted by Gasteiger charge is 2.27. The predicted molar refractivity (Wildman–Crippen MR) is 75.3 cm³/mol. The summed E-state index contributed by atoms with van der Waals surface area (Å²) in [4.78, 5) is 23.5. The molecule has 6 nitrogen and oxygen atoms in total. The van der Waals surface area contributed by atoms with Gasteiger partial charge in [-0.15, -0.1) is 0 Å². The van der Waals surface area contributed by atoms with E-state index in [1.54, 1.807) is 6.07 Å². The molecule has 1 aliphatic heterocycles. The minimum Gasteiger partial charge on any atom is -0.477 e. The molecular weight excluding hydrogens is 260 g/mol. The zero-order chi connectivity index (χ0) is 14.9. The van der Waals surface area contributed by atoms with Crippen LogP contribution in [0.2, 0.25) is 0 Å². The molecule has 1 aliphatic rings. The molecule has 1 heterocycles. The van der Waals surface area contributed by atoms with Crippen molar-refractivity contribution in [1.82, 2.24) is 0 Å². The van der Waals surface area contributed by atoms with Crippen LogP contribution in [0.1, 0.15) is 37.0 Å². The number of nitro groups is 1. The highest BCUT2D eigenvalue weighted by atomic mass is 16.6. The van der Waals surface area contributed by atoms with Gasteiger partial charge < -0.3 is 10.0 Å². The monoisotopic (exact) mass is 278 g/mol. The van der Waals surface area contributed by atoms with Gasteiger partial charge in [0.05, 0.1) is 4.92 Å². The molecule has 2 atom stereocenters. The van der Waals surface area contributed by atoms with E-state index in [2.05, 4.69) is 18.7 Å². The number of benzene rings is 1. The van der Waals surface area contributed by atoms with Crippen LogP contribution in [0.3, 0.4) is 0 Å². The number of carbonyl (C=O) groups is 1. The van der Waals surface area contributed by atoms with Gasteiger partial charge in [-0.1, -0.05) is 6.92 Å². The van der Waals surface area contributed by atoms with Crippen LogP contribution in [0.15, 0.2) is 18.2 Å². The molecule has 2 unspecified atom stereocenters. The average Bonchev–Trinajstić information content (AvgIpc) is 2.41. The SMILES string of the molecule is CC1CCCN(c2ccc([N+](=O)[O-])c(C(=O)O)c2)C1C. The largest absolute Gasteiger partial charge is 0.477 e. The maximum atomic E-state index is 11.2. The van der Waals surface area contributed by atoms with Crippen LogP contribution < -0.4 is 4.90 Å². The van der Waals surface area contributed by atoms with E-state index >= 15 is 0 Å². The number of carboxylic acid groups (broad SMARTS) is 1. The number of piperidine rings is 1. The van der Waals surface area contributed by atoms with Gasteiger partial charge in [-0.05, 0) is 37.8 Å². The fourth-order valence-corrected chi connectivity index (χ4v) is 2.73. The van der Waals surface area contributed by atoms with Crippen molar-refractivity contribution in [3.05, 3.63) is 33.9 Å². The first-order valence-corrected chi connectivity index (χ1v) is 6.70. The molecule has 0 bridgehead atoms. The van der Waals surface area contributed by atoms with E-state index in [0.29, 0.717) is 12.0 Å². The van der Waals surface area contributed by atoms with Gasteiger partial charge in [0.15, 0.2) is 0 Å². The van der Waals surface area contributed by atoms with Crippen molar-refractivity contribution in [2.24, 2.45) is 5.92 Å². The van der Waals surface area contributed by atoms with Gasteiger partial charge in [0, 0.05) is 24.3 Å². The van der Waals surface area contributed by atoms with Crippen LogP contribution in [0, 0.1) is 16.0 Å². The Bertz CT molecular complexity index is 544. The lowest BCUT2D eigenvalue weighted by Crippen LogP contribution is -2.42. The summed E-state index contributed by atoms with van der Waals surface area (Å²) in [6.45, 7) is 5.12. The van der Waals surface area contributed by atoms with E-state index < -0.39 is 10.9 Å². The van der Waals surface area contributed by atoms with Gasteiger partial charge in [0.1, 0.15) is 5.56 Å². The Balaban J connectivity index is 2.40. The van der Waals surface area contributed by atoms with Crippen molar-refractivity contribution in [2.75, 3.05) is 11.4 Å². The molecular formula is C14H18N2O4. The second-order valence-electron chi connectivity index (χ2n) is 5.32. The predicted octanol–water partition coefficient (Wildman–Crippen LogP) is 2.92. The maximum absolute atomic E-state index is 11.2. The van der Waals surface area contributed by atoms with Crippen LogP contribution >= 0.6 is 0 Å². The Hall–Kier alpha value is -2.11. The minimum atomic E-state index is -1.27.